The molecule has 1 aliphatic heterocycles. The first-order chi connectivity index (χ1) is 12.5. The number of aryl methyl sites for hydroxylation is 1. The fourth-order valence-electron chi connectivity index (χ4n) is 4.40. The maximum absolute atomic E-state index is 6.21. The van der Waals surface area contributed by atoms with Gasteiger partial charge >= 0.3 is 0 Å². The molecule has 0 unspecified atom stereocenters. The third kappa shape index (κ3) is 2.45. The average Bonchev–Trinajstić information content (AvgIpc) is 3.11. The van der Waals surface area contributed by atoms with Crippen LogP contribution >= 0.6 is 0 Å². The van der Waals surface area contributed by atoms with E-state index in [0.717, 1.165) is 29.0 Å². The number of hydrogen-bond acceptors (Lipinski definition) is 3. The Hall–Kier alpha value is -2.26. The standard InChI is InChI=1S/C23H26O3/c1-16-13-20-18(14-19(16)25-15-17-9-6-5-7-10-17)23(21(24-4)26-20)12-8-11-22(23,2)3/h5-11,13-14,21H,12,15H2,1-4H3/t21-,23-/m1/s1. The first kappa shape index (κ1) is 17.2. The summed E-state index contributed by atoms with van der Waals surface area (Å²) in [5.41, 5.74) is 3.17. The number of methoxy groups -OCH3 is 1. The Morgan fingerprint density at radius 2 is 1.92 bits per heavy atom. The van der Waals surface area contributed by atoms with E-state index in [-0.39, 0.29) is 17.1 Å². The van der Waals surface area contributed by atoms with Gasteiger partial charge in [-0.25, -0.2) is 0 Å². The molecule has 1 heterocycles. The predicted molar refractivity (Wildman–Crippen MR) is 103 cm³/mol. The molecular weight excluding hydrogens is 324 g/mol. The molecule has 136 valence electrons. The molecule has 26 heavy (non-hydrogen) atoms. The number of allylic oxidation sites excluding steroid dienone is 2. The zero-order chi connectivity index (χ0) is 18.4. The molecule has 2 aromatic rings. The smallest absolute Gasteiger partial charge is 0.210 e. The van der Waals surface area contributed by atoms with Crippen LogP contribution in [0.2, 0.25) is 0 Å². The molecule has 0 amide bonds. The topological polar surface area (TPSA) is 27.7 Å². The maximum atomic E-state index is 6.21. The summed E-state index contributed by atoms with van der Waals surface area (Å²) < 4.78 is 18.2. The van der Waals surface area contributed by atoms with Crippen LogP contribution in [0.5, 0.6) is 11.5 Å². The quantitative estimate of drug-likeness (QED) is 0.713. The van der Waals surface area contributed by atoms with E-state index >= 15 is 0 Å². The number of hydrogen-bond donors (Lipinski definition) is 0. The highest BCUT2D eigenvalue weighted by Gasteiger charge is 2.59. The van der Waals surface area contributed by atoms with Gasteiger partial charge in [0.05, 0.1) is 5.41 Å². The molecule has 0 N–H and O–H groups in total. The summed E-state index contributed by atoms with van der Waals surface area (Å²) in [4.78, 5) is 0. The molecule has 2 aliphatic rings. The summed E-state index contributed by atoms with van der Waals surface area (Å²) in [5.74, 6) is 1.83. The lowest BCUT2D eigenvalue weighted by atomic mass is 9.63. The van der Waals surface area contributed by atoms with Crippen LogP contribution in [0.1, 0.15) is 37.0 Å². The van der Waals surface area contributed by atoms with E-state index in [0.29, 0.717) is 6.61 Å². The van der Waals surface area contributed by atoms with Gasteiger partial charge in [-0.3, -0.25) is 0 Å². The second kappa shape index (κ2) is 6.17. The summed E-state index contributed by atoms with van der Waals surface area (Å²) in [7, 11) is 1.73. The maximum Gasteiger partial charge on any atom is 0.210 e. The number of ether oxygens (including phenoxy) is 3. The minimum atomic E-state index is -0.286. The van der Waals surface area contributed by atoms with E-state index < -0.39 is 0 Å². The Labute approximate surface area is 155 Å². The third-order valence-corrected chi connectivity index (χ3v) is 5.97. The minimum absolute atomic E-state index is 0.0507. The van der Waals surface area contributed by atoms with Crippen molar-refractivity contribution >= 4 is 0 Å². The molecule has 0 aromatic heterocycles. The van der Waals surface area contributed by atoms with Crippen molar-refractivity contribution in [2.75, 3.05) is 7.11 Å². The van der Waals surface area contributed by atoms with Crippen LogP contribution in [-0.2, 0) is 16.8 Å². The zero-order valence-corrected chi connectivity index (χ0v) is 15.9. The van der Waals surface area contributed by atoms with Crippen LogP contribution in [0.25, 0.3) is 0 Å². The van der Waals surface area contributed by atoms with Crippen molar-refractivity contribution < 1.29 is 14.2 Å². The SMILES string of the molecule is CO[C@@H]1Oc2cc(C)c(OCc3ccccc3)cc2[C@]12CC=CC2(C)C. The Kier molecular flexibility index (Phi) is 4.07. The summed E-state index contributed by atoms with van der Waals surface area (Å²) in [6.45, 7) is 7.13. The van der Waals surface area contributed by atoms with Crippen molar-refractivity contribution in [3.63, 3.8) is 0 Å². The molecule has 3 heteroatoms. The van der Waals surface area contributed by atoms with Gasteiger partial charge in [-0.1, -0.05) is 56.3 Å². The molecule has 0 saturated carbocycles. The van der Waals surface area contributed by atoms with E-state index in [1.807, 2.05) is 18.2 Å². The molecule has 0 radical (unpaired) electrons. The Morgan fingerprint density at radius 3 is 2.58 bits per heavy atom. The van der Waals surface area contributed by atoms with E-state index in [4.69, 9.17) is 14.2 Å². The third-order valence-electron chi connectivity index (χ3n) is 5.97. The van der Waals surface area contributed by atoms with E-state index in [1.165, 1.54) is 5.56 Å². The molecule has 2 aromatic carbocycles. The van der Waals surface area contributed by atoms with Crippen LogP contribution in [0.4, 0.5) is 0 Å². The van der Waals surface area contributed by atoms with Crippen molar-refractivity contribution in [3.05, 3.63) is 71.3 Å². The van der Waals surface area contributed by atoms with Crippen molar-refractivity contribution in [1.29, 1.82) is 0 Å². The van der Waals surface area contributed by atoms with Crippen molar-refractivity contribution in [2.45, 2.75) is 45.5 Å². The lowest BCUT2D eigenvalue weighted by molar-refractivity contribution is -0.109. The highest BCUT2D eigenvalue weighted by molar-refractivity contribution is 5.55. The fourth-order valence-corrected chi connectivity index (χ4v) is 4.40. The molecule has 3 nitrogen and oxygen atoms in total. The second-order valence-electron chi connectivity index (χ2n) is 7.87. The molecule has 2 atom stereocenters. The minimum Gasteiger partial charge on any atom is -0.489 e. The Balaban J connectivity index is 1.71. The highest BCUT2D eigenvalue weighted by atomic mass is 16.7. The van der Waals surface area contributed by atoms with Gasteiger partial charge in [0.15, 0.2) is 0 Å². The number of fused-ring (bicyclic) bond motifs is 2. The zero-order valence-electron chi connectivity index (χ0n) is 15.9. The molecule has 0 fully saturated rings. The number of benzene rings is 2. The van der Waals surface area contributed by atoms with Crippen molar-refractivity contribution in [3.8, 4) is 11.5 Å². The van der Waals surface area contributed by atoms with Crippen LogP contribution in [0.3, 0.4) is 0 Å². The average molecular weight is 350 g/mol. The van der Waals surface area contributed by atoms with Crippen molar-refractivity contribution in [1.82, 2.24) is 0 Å². The summed E-state index contributed by atoms with van der Waals surface area (Å²) in [5, 5.41) is 0. The van der Waals surface area contributed by atoms with Crippen LogP contribution in [0, 0.1) is 12.3 Å². The summed E-state index contributed by atoms with van der Waals surface area (Å²) in [6, 6.07) is 14.5. The van der Waals surface area contributed by atoms with Gasteiger partial charge in [-0.2, -0.15) is 0 Å². The lowest BCUT2D eigenvalue weighted by Gasteiger charge is -2.40. The Morgan fingerprint density at radius 1 is 1.15 bits per heavy atom. The molecule has 1 aliphatic carbocycles. The van der Waals surface area contributed by atoms with Gasteiger partial charge < -0.3 is 14.2 Å². The fraction of sp³-hybridized carbons (Fsp3) is 0.391. The molecule has 1 spiro atoms. The van der Waals surface area contributed by atoms with Crippen LogP contribution < -0.4 is 9.47 Å². The van der Waals surface area contributed by atoms with Gasteiger partial charge in [-0.05, 0) is 42.0 Å². The van der Waals surface area contributed by atoms with Crippen LogP contribution in [-0.4, -0.2) is 13.4 Å². The number of rotatable bonds is 4. The largest absolute Gasteiger partial charge is 0.489 e. The van der Waals surface area contributed by atoms with E-state index in [1.54, 1.807) is 7.11 Å². The normalized spacial score (nSPS) is 25.3. The lowest BCUT2D eigenvalue weighted by Crippen LogP contribution is -2.47. The van der Waals surface area contributed by atoms with Gasteiger partial charge in [0.1, 0.15) is 18.1 Å². The van der Waals surface area contributed by atoms with Crippen molar-refractivity contribution in [2.24, 2.45) is 5.41 Å². The van der Waals surface area contributed by atoms with Gasteiger partial charge in [-0.15, -0.1) is 0 Å². The van der Waals surface area contributed by atoms with E-state index in [9.17, 15) is 0 Å². The van der Waals surface area contributed by atoms with Crippen LogP contribution in [0.15, 0.2) is 54.6 Å². The molecular formula is C23H26O3. The first-order valence-electron chi connectivity index (χ1n) is 9.17. The Bertz CT molecular complexity index is 838. The van der Waals surface area contributed by atoms with Gasteiger partial charge in [0.25, 0.3) is 0 Å². The summed E-state index contributed by atoms with van der Waals surface area (Å²) in [6.07, 6.45) is 5.15. The predicted octanol–water partition coefficient (Wildman–Crippen LogP) is 5.16. The molecule has 4 rings (SSSR count). The first-order valence-corrected chi connectivity index (χ1v) is 9.17. The van der Waals surface area contributed by atoms with Gasteiger partial charge in [0.2, 0.25) is 6.29 Å². The summed E-state index contributed by atoms with van der Waals surface area (Å²) >= 11 is 0. The molecule has 0 bridgehead atoms. The highest BCUT2D eigenvalue weighted by Crippen LogP contribution is 2.59. The molecule has 0 saturated heterocycles. The van der Waals surface area contributed by atoms with Gasteiger partial charge in [0, 0.05) is 12.7 Å². The van der Waals surface area contributed by atoms with E-state index in [2.05, 4.69) is 57.2 Å². The second-order valence-corrected chi connectivity index (χ2v) is 7.87. The monoisotopic (exact) mass is 350 g/mol.